The first kappa shape index (κ1) is 33.5. The van der Waals surface area contributed by atoms with Crippen LogP contribution in [0.25, 0.3) is 44.2 Å². The Balaban J connectivity index is 1.55. The predicted molar refractivity (Wildman–Crippen MR) is 190 cm³/mol. The molecule has 6 rings (SSSR count). The number of benzene rings is 4. The van der Waals surface area contributed by atoms with E-state index in [4.69, 9.17) is 8.83 Å². The third-order valence-electron chi connectivity index (χ3n) is 8.49. The number of hydrogen-bond acceptors (Lipinski definition) is 10. The van der Waals surface area contributed by atoms with Crippen LogP contribution in [0.4, 0.5) is 0 Å². The van der Waals surface area contributed by atoms with Gasteiger partial charge in [-0.1, -0.05) is 35.4 Å². The summed E-state index contributed by atoms with van der Waals surface area (Å²) in [5.41, 5.74) is 2.29. The second-order valence-corrected chi connectivity index (χ2v) is 12.7. The zero-order valence-electron chi connectivity index (χ0n) is 27.6. The van der Waals surface area contributed by atoms with Crippen LogP contribution in [-0.4, -0.2) is 30.6 Å². The van der Waals surface area contributed by atoms with Crippen LogP contribution in [0.2, 0.25) is 0 Å². The van der Waals surface area contributed by atoms with Crippen LogP contribution in [-0.2, 0) is 6.42 Å². The van der Waals surface area contributed by atoms with Gasteiger partial charge in [0.15, 0.2) is 0 Å². The lowest BCUT2D eigenvalue weighted by Gasteiger charge is -2.20. The Kier molecular flexibility index (Phi) is 8.63. The number of rotatable bonds is 7. The molecule has 0 spiro atoms. The van der Waals surface area contributed by atoms with E-state index in [1.807, 2.05) is 19.9 Å². The molecule has 0 bridgehead atoms. The molecule has 0 aliphatic heterocycles. The molecule has 10 nitrogen and oxygen atoms in total. The smallest absolute Gasteiger partial charge is 0.204 e. The zero-order valence-corrected chi connectivity index (χ0v) is 27.6. The number of aromatic hydroxyl groups is 6. The lowest BCUT2D eigenvalue weighted by molar-refractivity contribution is 0.444. The topological polar surface area (TPSA) is 182 Å². The Morgan fingerprint density at radius 3 is 1.96 bits per heavy atom. The van der Waals surface area contributed by atoms with Crippen molar-refractivity contribution < 1.29 is 39.5 Å². The summed E-state index contributed by atoms with van der Waals surface area (Å²) in [6.45, 7) is 7.48. The molecule has 0 aliphatic rings. The highest BCUT2D eigenvalue weighted by Gasteiger charge is 2.28. The van der Waals surface area contributed by atoms with Crippen molar-refractivity contribution >= 4 is 21.9 Å². The van der Waals surface area contributed by atoms with Crippen LogP contribution < -0.4 is 10.9 Å². The van der Waals surface area contributed by atoms with Crippen LogP contribution in [0, 0.1) is 0 Å². The summed E-state index contributed by atoms with van der Waals surface area (Å²) >= 11 is 0. The van der Waals surface area contributed by atoms with E-state index in [1.54, 1.807) is 32.1 Å². The molecule has 0 saturated heterocycles. The molecule has 0 fully saturated rings. The van der Waals surface area contributed by atoms with E-state index in [0.29, 0.717) is 23.1 Å². The fraction of sp³-hybridized carbons (Fsp3) is 0.150. The highest BCUT2D eigenvalue weighted by atomic mass is 16.3. The molecule has 50 heavy (non-hydrogen) atoms. The first-order valence-electron chi connectivity index (χ1n) is 15.7. The van der Waals surface area contributed by atoms with Crippen molar-refractivity contribution in [3.05, 3.63) is 128 Å². The van der Waals surface area contributed by atoms with Gasteiger partial charge in [0.25, 0.3) is 0 Å². The summed E-state index contributed by atoms with van der Waals surface area (Å²) < 4.78 is 11.6. The van der Waals surface area contributed by atoms with E-state index < -0.39 is 34.0 Å². The summed E-state index contributed by atoms with van der Waals surface area (Å²) in [6, 6.07) is 12.4. The fourth-order valence-corrected chi connectivity index (χ4v) is 6.08. The molecule has 10 heteroatoms. The number of fused-ring (bicyclic) bond motifs is 2. The van der Waals surface area contributed by atoms with E-state index in [2.05, 4.69) is 0 Å². The first-order chi connectivity index (χ1) is 23.7. The van der Waals surface area contributed by atoms with Gasteiger partial charge in [-0.2, -0.15) is 0 Å². The molecule has 0 saturated carbocycles. The molecule has 0 radical (unpaired) electrons. The zero-order chi connectivity index (χ0) is 36.0. The SMILES string of the molecule is CC(C)=CCc1cc(-c2coc3c([C@H](C=C(C)C)c4cc(-c5coc6cc(O)cc(O)c6c5=O)ccc4O)c(O)cc(O)c3c2=O)ccc1O. The fourth-order valence-electron chi connectivity index (χ4n) is 6.08. The number of allylic oxidation sites excluding steroid dienone is 4. The molecule has 4 aromatic carbocycles. The second kappa shape index (κ2) is 12.9. The normalized spacial score (nSPS) is 11.8. The van der Waals surface area contributed by atoms with Gasteiger partial charge in [0.05, 0.1) is 11.1 Å². The molecule has 6 N–H and O–H groups in total. The second-order valence-electron chi connectivity index (χ2n) is 12.7. The maximum absolute atomic E-state index is 14.0. The van der Waals surface area contributed by atoms with Gasteiger partial charge in [0, 0.05) is 35.2 Å². The summed E-state index contributed by atoms with van der Waals surface area (Å²) in [6.07, 6.45) is 6.51. The van der Waals surface area contributed by atoms with Gasteiger partial charge in [-0.15, -0.1) is 0 Å². The van der Waals surface area contributed by atoms with Crippen LogP contribution in [0.15, 0.2) is 109 Å². The van der Waals surface area contributed by atoms with Gasteiger partial charge in [-0.25, -0.2) is 0 Å². The van der Waals surface area contributed by atoms with Crippen molar-refractivity contribution in [2.45, 2.75) is 40.0 Å². The Morgan fingerprint density at radius 1 is 0.660 bits per heavy atom. The van der Waals surface area contributed by atoms with Gasteiger partial charge >= 0.3 is 0 Å². The average molecular weight is 675 g/mol. The minimum atomic E-state index is -0.959. The van der Waals surface area contributed by atoms with E-state index in [1.165, 1.54) is 42.9 Å². The molecule has 1 atom stereocenters. The lowest BCUT2D eigenvalue weighted by atomic mass is 9.85. The molecular formula is C40H34O10. The standard InChI is InChI=1S/C40H34O10/c1-19(2)5-6-23-12-21(7-9-29(23)42)28-18-50-40-35(32(45)16-33(46)37(40)39(28)48)26(11-20(3)4)25-13-22(8-10-30(25)43)27-17-49-34-15-24(41)14-31(44)36(34)38(27)47/h5,7-18,26,41-46H,6H2,1-4H3/t26-/m1/s1. The summed E-state index contributed by atoms with van der Waals surface area (Å²) in [5.74, 6) is -2.79. The van der Waals surface area contributed by atoms with Crippen molar-refractivity contribution in [2.75, 3.05) is 0 Å². The van der Waals surface area contributed by atoms with Crippen LogP contribution in [0.1, 0.15) is 50.3 Å². The molecule has 0 amide bonds. The largest absolute Gasteiger partial charge is 0.508 e. The van der Waals surface area contributed by atoms with Crippen molar-refractivity contribution in [1.29, 1.82) is 0 Å². The quantitative estimate of drug-likeness (QED) is 0.0906. The molecule has 254 valence electrons. The summed E-state index contributed by atoms with van der Waals surface area (Å²) in [5, 5.41) is 63.8. The van der Waals surface area contributed by atoms with Crippen molar-refractivity contribution in [3.8, 4) is 56.8 Å². The number of phenols is 6. The summed E-state index contributed by atoms with van der Waals surface area (Å²) in [4.78, 5) is 27.6. The molecule has 2 heterocycles. The van der Waals surface area contributed by atoms with Crippen molar-refractivity contribution in [3.63, 3.8) is 0 Å². The minimum Gasteiger partial charge on any atom is -0.508 e. The highest BCUT2D eigenvalue weighted by molar-refractivity contribution is 5.92. The third kappa shape index (κ3) is 6.03. The third-order valence-corrected chi connectivity index (χ3v) is 8.49. The van der Waals surface area contributed by atoms with E-state index in [9.17, 15) is 40.2 Å². The summed E-state index contributed by atoms with van der Waals surface area (Å²) in [7, 11) is 0. The number of phenolic OH excluding ortho intramolecular Hbond substituents is 6. The highest BCUT2D eigenvalue weighted by Crippen LogP contribution is 2.45. The molecular weight excluding hydrogens is 640 g/mol. The predicted octanol–water partition coefficient (Wildman–Crippen LogP) is 8.07. The Hall–Kier alpha value is -6.42. The number of hydrogen-bond donors (Lipinski definition) is 6. The van der Waals surface area contributed by atoms with Gasteiger partial charge in [-0.05, 0) is 75.1 Å². The average Bonchev–Trinajstić information content (AvgIpc) is 3.04. The molecule has 0 aliphatic carbocycles. The van der Waals surface area contributed by atoms with E-state index >= 15 is 0 Å². The Morgan fingerprint density at radius 2 is 1.28 bits per heavy atom. The van der Waals surface area contributed by atoms with Crippen LogP contribution in [0.3, 0.4) is 0 Å². The Labute approximate surface area is 285 Å². The van der Waals surface area contributed by atoms with Crippen LogP contribution >= 0.6 is 0 Å². The monoisotopic (exact) mass is 674 g/mol. The Bertz CT molecular complexity index is 2510. The van der Waals surface area contributed by atoms with Crippen LogP contribution in [0.5, 0.6) is 34.5 Å². The first-order valence-corrected chi connectivity index (χ1v) is 15.7. The minimum absolute atomic E-state index is 0.0241. The van der Waals surface area contributed by atoms with Gasteiger partial charge in [0.2, 0.25) is 10.9 Å². The molecule has 6 aromatic rings. The van der Waals surface area contributed by atoms with Crippen molar-refractivity contribution in [2.24, 2.45) is 0 Å². The lowest BCUT2D eigenvalue weighted by Crippen LogP contribution is -2.09. The van der Waals surface area contributed by atoms with Crippen molar-refractivity contribution in [1.82, 2.24) is 0 Å². The van der Waals surface area contributed by atoms with Gasteiger partial charge < -0.3 is 39.5 Å². The van der Waals surface area contributed by atoms with E-state index in [-0.39, 0.29) is 61.4 Å². The maximum atomic E-state index is 14.0. The maximum Gasteiger partial charge on any atom is 0.204 e. The van der Waals surface area contributed by atoms with Gasteiger partial charge in [-0.3, -0.25) is 9.59 Å². The van der Waals surface area contributed by atoms with Gasteiger partial charge in [0.1, 0.15) is 69.0 Å². The van der Waals surface area contributed by atoms with E-state index in [0.717, 1.165) is 23.3 Å². The molecule has 0 unspecified atom stereocenters. The molecule has 2 aromatic heterocycles.